The fraction of sp³-hybridized carbons (Fsp3) is 0.533. The zero-order valence-corrected chi connectivity index (χ0v) is 14.3. The van der Waals surface area contributed by atoms with E-state index in [0.717, 1.165) is 19.3 Å². The standard InChI is InChI=1S/C15H19ClFNO4S/c1-22-10-7-12(15(17)13(16)8-10)14(19)9-18-23(20,21)11-5-3-2-4-6-11/h7-8,11,18H,2-6,9H2,1H3. The molecule has 1 aromatic carbocycles. The van der Waals surface area contributed by atoms with Gasteiger partial charge in [0.15, 0.2) is 11.6 Å². The molecular weight excluding hydrogens is 345 g/mol. The number of ketones is 1. The Kier molecular flexibility index (Phi) is 6.00. The Morgan fingerprint density at radius 2 is 2.00 bits per heavy atom. The van der Waals surface area contributed by atoms with Crippen molar-refractivity contribution in [1.29, 1.82) is 0 Å². The van der Waals surface area contributed by atoms with Crippen molar-refractivity contribution in [1.82, 2.24) is 4.72 Å². The van der Waals surface area contributed by atoms with Crippen LogP contribution in [-0.2, 0) is 10.0 Å². The van der Waals surface area contributed by atoms with Gasteiger partial charge in [-0.2, -0.15) is 0 Å². The number of sulfonamides is 1. The minimum absolute atomic E-state index is 0.231. The summed E-state index contributed by atoms with van der Waals surface area (Å²) in [7, 11) is -2.22. The molecule has 0 aliphatic heterocycles. The maximum Gasteiger partial charge on any atom is 0.214 e. The van der Waals surface area contributed by atoms with E-state index in [1.165, 1.54) is 19.2 Å². The predicted molar refractivity (Wildman–Crippen MR) is 86.1 cm³/mol. The van der Waals surface area contributed by atoms with E-state index in [1.807, 2.05) is 0 Å². The summed E-state index contributed by atoms with van der Waals surface area (Å²) in [6.07, 6.45) is 3.92. The van der Waals surface area contributed by atoms with Crippen LogP contribution in [0.3, 0.4) is 0 Å². The molecule has 0 bridgehead atoms. The monoisotopic (exact) mass is 363 g/mol. The van der Waals surface area contributed by atoms with Crippen LogP contribution >= 0.6 is 11.6 Å². The first-order chi connectivity index (χ1) is 10.8. The quantitative estimate of drug-likeness (QED) is 0.789. The third-order valence-electron chi connectivity index (χ3n) is 3.96. The van der Waals surface area contributed by atoms with Gasteiger partial charge >= 0.3 is 0 Å². The SMILES string of the molecule is COc1cc(Cl)c(F)c(C(=O)CNS(=O)(=O)C2CCCCC2)c1. The van der Waals surface area contributed by atoms with E-state index in [0.29, 0.717) is 12.8 Å². The molecule has 0 radical (unpaired) electrons. The number of ether oxygens (including phenoxy) is 1. The lowest BCUT2D eigenvalue weighted by atomic mass is 10.0. The summed E-state index contributed by atoms with van der Waals surface area (Å²) in [5, 5.41) is -0.731. The number of hydrogen-bond acceptors (Lipinski definition) is 4. The molecule has 1 aromatic rings. The highest BCUT2D eigenvalue weighted by Gasteiger charge is 2.28. The number of benzene rings is 1. The minimum Gasteiger partial charge on any atom is -0.497 e. The number of halogens is 2. The molecule has 0 saturated heterocycles. The molecule has 23 heavy (non-hydrogen) atoms. The van der Waals surface area contributed by atoms with Gasteiger partial charge in [-0.25, -0.2) is 17.5 Å². The van der Waals surface area contributed by atoms with Crippen LogP contribution in [0, 0.1) is 5.82 Å². The smallest absolute Gasteiger partial charge is 0.214 e. The Morgan fingerprint density at radius 1 is 1.35 bits per heavy atom. The fourth-order valence-corrected chi connectivity index (χ4v) is 4.37. The number of carbonyl (C=O) groups is 1. The van der Waals surface area contributed by atoms with Gasteiger partial charge in [0, 0.05) is 6.07 Å². The van der Waals surface area contributed by atoms with Crippen LogP contribution in [0.25, 0.3) is 0 Å². The second-order valence-electron chi connectivity index (χ2n) is 5.52. The average Bonchev–Trinajstić information content (AvgIpc) is 2.56. The molecule has 0 spiro atoms. The van der Waals surface area contributed by atoms with Crippen molar-refractivity contribution in [2.75, 3.05) is 13.7 Å². The Bertz CT molecular complexity index is 687. The van der Waals surface area contributed by atoms with Crippen molar-refractivity contribution in [3.63, 3.8) is 0 Å². The Morgan fingerprint density at radius 3 is 2.61 bits per heavy atom. The Hall–Kier alpha value is -1.18. The summed E-state index contributed by atoms with van der Waals surface area (Å²) < 4.78 is 45.6. The molecule has 2 rings (SSSR count). The molecule has 1 aliphatic carbocycles. The maximum atomic E-state index is 14.0. The molecule has 1 fully saturated rings. The molecular formula is C15H19ClFNO4S. The molecule has 0 amide bonds. The van der Waals surface area contributed by atoms with Crippen molar-refractivity contribution in [3.05, 3.63) is 28.5 Å². The highest BCUT2D eigenvalue weighted by atomic mass is 35.5. The lowest BCUT2D eigenvalue weighted by molar-refractivity contribution is 0.0992. The Labute approximate surface area is 140 Å². The van der Waals surface area contributed by atoms with Crippen LogP contribution in [0.15, 0.2) is 12.1 Å². The summed E-state index contributed by atoms with van der Waals surface area (Å²) in [6, 6.07) is 2.46. The summed E-state index contributed by atoms with van der Waals surface area (Å²) >= 11 is 5.71. The first-order valence-electron chi connectivity index (χ1n) is 7.40. The molecule has 0 heterocycles. The normalized spacial score (nSPS) is 16.3. The van der Waals surface area contributed by atoms with Gasteiger partial charge in [-0.1, -0.05) is 30.9 Å². The maximum absolute atomic E-state index is 14.0. The number of rotatable bonds is 6. The fourth-order valence-electron chi connectivity index (χ4n) is 2.64. The highest BCUT2D eigenvalue weighted by molar-refractivity contribution is 7.90. The van der Waals surface area contributed by atoms with E-state index >= 15 is 0 Å². The third kappa shape index (κ3) is 4.43. The second-order valence-corrected chi connectivity index (χ2v) is 7.97. The van der Waals surface area contributed by atoms with E-state index < -0.39 is 33.4 Å². The molecule has 0 atom stereocenters. The number of methoxy groups -OCH3 is 1. The molecule has 1 N–H and O–H groups in total. The Balaban J connectivity index is 2.09. The number of hydrogen-bond donors (Lipinski definition) is 1. The van der Waals surface area contributed by atoms with Gasteiger partial charge in [-0.3, -0.25) is 4.79 Å². The molecule has 8 heteroatoms. The van der Waals surface area contributed by atoms with Gasteiger partial charge in [0.25, 0.3) is 0 Å². The predicted octanol–water partition coefficient (Wildman–Crippen LogP) is 2.92. The zero-order valence-electron chi connectivity index (χ0n) is 12.8. The van der Waals surface area contributed by atoms with Crippen LogP contribution in [0.4, 0.5) is 4.39 Å². The van der Waals surface area contributed by atoms with E-state index in [-0.39, 0.29) is 16.3 Å². The van der Waals surface area contributed by atoms with Gasteiger partial charge < -0.3 is 4.74 Å². The van der Waals surface area contributed by atoms with Gasteiger partial charge in [-0.15, -0.1) is 0 Å². The summed E-state index contributed by atoms with van der Waals surface area (Å²) in [5.41, 5.74) is -0.291. The highest BCUT2D eigenvalue weighted by Crippen LogP contribution is 2.26. The van der Waals surface area contributed by atoms with Crippen LogP contribution in [0.1, 0.15) is 42.5 Å². The number of Topliss-reactive ketones (excluding diaryl/α,β-unsaturated/α-hetero) is 1. The summed E-state index contributed by atoms with van der Waals surface area (Å²) in [6.45, 7) is -0.501. The zero-order chi connectivity index (χ0) is 17.0. The van der Waals surface area contributed by atoms with Gasteiger partial charge in [0.1, 0.15) is 5.75 Å². The molecule has 128 valence electrons. The number of nitrogens with one attached hydrogen (secondary N) is 1. The van der Waals surface area contributed by atoms with Crippen molar-refractivity contribution in [2.24, 2.45) is 0 Å². The first kappa shape index (κ1) is 18.2. The van der Waals surface area contributed by atoms with E-state index in [4.69, 9.17) is 16.3 Å². The van der Waals surface area contributed by atoms with Crippen LogP contribution in [-0.4, -0.2) is 33.1 Å². The van der Waals surface area contributed by atoms with Crippen LogP contribution in [0.2, 0.25) is 5.02 Å². The van der Waals surface area contributed by atoms with Crippen molar-refractivity contribution in [2.45, 2.75) is 37.4 Å². The minimum atomic E-state index is -3.58. The van der Waals surface area contributed by atoms with E-state index in [2.05, 4.69) is 4.72 Å². The van der Waals surface area contributed by atoms with Crippen molar-refractivity contribution >= 4 is 27.4 Å². The second kappa shape index (κ2) is 7.59. The van der Waals surface area contributed by atoms with E-state index in [1.54, 1.807) is 0 Å². The molecule has 5 nitrogen and oxygen atoms in total. The molecule has 0 unspecified atom stereocenters. The largest absolute Gasteiger partial charge is 0.497 e. The summed E-state index contributed by atoms with van der Waals surface area (Å²) in [5.74, 6) is -1.34. The van der Waals surface area contributed by atoms with Gasteiger partial charge in [0.2, 0.25) is 10.0 Å². The molecule has 0 aromatic heterocycles. The third-order valence-corrected chi connectivity index (χ3v) is 6.13. The van der Waals surface area contributed by atoms with Gasteiger partial charge in [0.05, 0.1) is 29.5 Å². The topological polar surface area (TPSA) is 72.5 Å². The average molecular weight is 364 g/mol. The van der Waals surface area contributed by atoms with E-state index in [9.17, 15) is 17.6 Å². The summed E-state index contributed by atoms with van der Waals surface area (Å²) in [4.78, 5) is 12.1. The van der Waals surface area contributed by atoms with Crippen LogP contribution in [0.5, 0.6) is 5.75 Å². The molecule has 1 saturated carbocycles. The number of carbonyl (C=O) groups excluding carboxylic acids is 1. The van der Waals surface area contributed by atoms with Crippen molar-refractivity contribution < 1.29 is 22.3 Å². The van der Waals surface area contributed by atoms with Crippen molar-refractivity contribution in [3.8, 4) is 5.75 Å². The molecule has 1 aliphatic rings. The van der Waals surface area contributed by atoms with Crippen LogP contribution < -0.4 is 9.46 Å². The van der Waals surface area contributed by atoms with Gasteiger partial charge in [-0.05, 0) is 18.9 Å². The first-order valence-corrected chi connectivity index (χ1v) is 9.32. The lowest BCUT2D eigenvalue weighted by Crippen LogP contribution is -2.38. The lowest BCUT2D eigenvalue weighted by Gasteiger charge is -2.21.